The van der Waals surface area contributed by atoms with E-state index in [0.29, 0.717) is 18.0 Å². The SMILES string of the molecule is CC(C)N(CCNc1ccnc(Nc2ccc(-n3ccnc3)cc2)n1)C(C)C. The van der Waals surface area contributed by atoms with Gasteiger partial charge in [-0.3, -0.25) is 4.90 Å². The maximum Gasteiger partial charge on any atom is 0.229 e. The third-order valence-corrected chi connectivity index (χ3v) is 4.58. The summed E-state index contributed by atoms with van der Waals surface area (Å²) in [6.45, 7) is 10.7. The van der Waals surface area contributed by atoms with Gasteiger partial charge in [-0.1, -0.05) is 0 Å². The molecule has 2 aromatic heterocycles. The Kier molecular flexibility index (Phi) is 6.60. The van der Waals surface area contributed by atoms with Crippen molar-refractivity contribution >= 4 is 17.5 Å². The molecule has 0 unspecified atom stereocenters. The quantitative estimate of drug-likeness (QED) is 0.587. The van der Waals surface area contributed by atoms with E-state index in [9.17, 15) is 0 Å². The fourth-order valence-corrected chi connectivity index (χ4v) is 3.20. The molecule has 0 saturated heterocycles. The molecule has 2 heterocycles. The summed E-state index contributed by atoms with van der Waals surface area (Å²) in [5.74, 6) is 1.39. The number of hydrogen-bond donors (Lipinski definition) is 2. The molecule has 148 valence electrons. The summed E-state index contributed by atoms with van der Waals surface area (Å²) in [6, 6.07) is 11.0. The molecule has 0 aliphatic carbocycles. The summed E-state index contributed by atoms with van der Waals surface area (Å²) < 4.78 is 1.96. The number of hydrogen-bond acceptors (Lipinski definition) is 6. The van der Waals surface area contributed by atoms with Crippen LogP contribution in [0.2, 0.25) is 0 Å². The van der Waals surface area contributed by atoms with E-state index in [-0.39, 0.29) is 0 Å². The van der Waals surface area contributed by atoms with Crippen LogP contribution in [0, 0.1) is 0 Å². The number of anilines is 3. The van der Waals surface area contributed by atoms with Crippen LogP contribution in [0.3, 0.4) is 0 Å². The number of nitrogens with one attached hydrogen (secondary N) is 2. The Morgan fingerprint density at radius 3 is 2.39 bits per heavy atom. The van der Waals surface area contributed by atoms with Crippen LogP contribution >= 0.6 is 0 Å². The third kappa shape index (κ3) is 5.29. The highest BCUT2D eigenvalue weighted by Gasteiger charge is 2.12. The van der Waals surface area contributed by atoms with E-state index in [0.717, 1.165) is 30.3 Å². The van der Waals surface area contributed by atoms with Crippen molar-refractivity contribution in [2.24, 2.45) is 0 Å². The molecule has 0 amide bonds. The van der Waals surface area contributed by atoms with Crippen molar-refractivity contribution in [1.29, 1.82) is 0 Å². The monoisotopic (exact) mass is 379 g/mol. The van der Waals surface area contributed by atoms with Gasteiger partial charge in [-0.15, -0.1) is 0 Å². The Balaban J connectivity index is 1.57. The van der Waals surface area contributed by atoms with Crippen LogP contribution in [-0.2, 0) is 0 Å². The minimum absolute atomic E-state index is 0.523. The highest BCUT2D eigenvalue weighted by atomic mass is 15.2. The Labute approximate surface area is 166 Å². The van der Waals surface area contributed by atoms with Crippen molar-refractivity contribution in [2.75, 3.05) is 23.7 Å². The van der Waals surface area contributed by atoms with Gasteiger partial charge in [-0.05, 0) is 58.0 Å². The van der Waals surface area contributed by atoms with Gasteiger partial charge in [-0.2, -0.15) is 4.98 Å². The highest BCUT2D eigenvalue weighted by molar-refractivity contribution is 5.56. The van der Waals surface area contributed by atoms with Gasteiger partial charge in [0.15, 0.2) is 0 Å². The maximum atomic E-state index is 4.56. The van der Waals surface area contributed by atoms with E-state index in [1.54, 1.807) is 18.7 Å². The van der Waals surface area contributed by atoms with Crippen LogP contribution < -0.4 is 10.6 Å². The van der Waals surface area contributed by atoms with Gasteiger partial charge >= 0.3 is 0 Å². The van der Waals surface area contributed by atoms with Crippen LogP contribution in [0.4, 0.5) is 17.5 Å². The van der Waals surface area contributed by atoms with Crippen molar-refractivity contribution < 1.29 is 0 Å². The average molecular weight is 380 g/mol. The smallest absolute Gasteiger partial charge is 0.229 e. The van der Waals surface area contributed by atoms with Gasteiger partial charge in [0.1, 0.15) is 5.82 Å². The van der Waals surface area contributed by atoms with Gasteiger partial charge < -0.3 is 15.2 Å². The minimum atomic E-state index is 0.523. The summed E-state index contributed by atoms with van der Waals surface area (Å²) in [6.07, 6.45) is 7.22. The van der Waals surface area contributed by atoms with E-state index in [1.165, 1.54) is 0 Å². The number of benzene rings is 1. The molecule has 0 aliphatic rings. The Morgan fingerprint density at radius 1 is 1.00 bits per heavy atom. The highest BCUT2D eigenvalue weighted by Crippen LogP contribution is 2.17. The molecule has 3 rings (SSSR count). The zero-order valence-electron chi connectivity index (χ0n) is 17.0. The summed E-state index contributed by atoms with van der Waals surface area (Å²) in [5.41, 5.74) is 1.99. The molecule has 0 spiro atoms. The molecule has 0 aliphatic heterocycles. The summed E-state index contributed by atoms with van der Waals surface area (Å²) in [7, 11) is 0. The largest absolute Gasteiger partial charge is 0.369 e. The molecule has 0 bridgehead atoms. The van der Waals surface area contributed by atoms with E-state index >= 15 is 0 Å². The van der Waals surface area contributed by atoms with E-state index < -0.39 is 0 Å². The lowest BCUT2D eigenvalue weighted by atomic mass is 10.2. The van der Waals surface area contributed by atoms with Crippen molar-refractivity contribution in [3.8, 4) is 5.69 Å². The number of rotatable bonds is 9. The Hall–Kier alpha value is -2.93. The van der Waals surface area contributed by atoms with E-state index in [1.807, 2.05) is 41.1 Å². The lowest BCUT2D eigenvalue weighted by molar-refractivity contribution is 0.182. The molecule has 0 radical (unpaired) electrons. The van der Waals surface area contributed by atoms with Crippen molar-refractivity contribution in [3.05, 3.63) is 55.2 Å². The van der Waals surface area contributed by atoms with Crippen molar-refractivity contribution in [1.82, 2.24) is 24.4 Å². The molecule has 3 aromatic rings. The number of imidazole rings is 1. The third-order valence-electron chi connectivity index (χ3n) is 4.58. The summed E-state index contributed by atoms with van der Waals surface area (Å²) in [4.78, 5) is 15.4. The summed E-state index contributed by atoms with van der Waals surface area (Å²) >= 11 is 0. The zero-order chi connectivity index (χ0) is 19.9. The molecular weight excluding hydrogens is 350 g/mol. The van der Waals surface area contributed by atoms with Crippen LogP contribution in [0.5, 0.6) is 0 Å². The van der Waals surface area contributed by atoms with Gasteiger partial charge in [0.25, 0.3) is 0 Å². The topological polar surface area (TPSA) is 70.9 Å². The van der Waals surface area contributed by atoms with Gasteiger partial charge in [-0.25, -0.2) is 9.97 Å². The van der Waals surface area contributed by atoms with Gasteiger partial charge in [0.2, 0.25) is 5.95 Å². The van der Waals surface area contributed by atoms with Crippen molar-refractivity contribution in [2.45, 2.75) is 39.8 Å². The minimum Gasteiger partial charge on any atom is -0.369 e. The normalized spacial score (nSPS) is 11.4. The van der Waals surface area contributed by atoms with E-state index in [4.69, 9.17) is 0 Å². The zero-order valence-corrected chi connectivity index (χ0v) is 17.0. The molecule has 0 atom stereocenters. The first kappa shape index (κ1) is 19.8. The second-order valence-corrected chi connectivity index (χ2v) is 7.26. The van der Waals surface area contributed by atoms with Crippen molar-refractivity contribution in [3.63, 3.8) is 0 Å². The molecule has 28 heavy (non-hydrogen) atoms. The Morgan fingerprint density at radius 2 is 1.75 bits per heavy atom. The number of aromatic nitrogens is 4. The molecular formula is C21H29N7. The summed E-state index contributed by atoms with van der Waals surface area (Å²) in [5, 5.41) is 6.65. The van der Waals surface area contributed by atoms with Crippen LogP contribution in [-0.4, -0.2) is 49.6 Å². The molecule has 2 N–H and O–H groups in total. The van der Waals surface area contributed by atoms with Crippen LogP contribution in [0.1, 0.15) is 27.7 Å². The molecule has 1 aromatic carbocycles. The lowest BCUT2D eigenvalue weighted by Gasteiger charge is -2.30. The molecule has 7 heteroatoms. The predicted octanol–water partition coefficient (Wildman–Crippen LogP) is 3.94. The second-order valence-electron chi connectivity index (χ2n) is 7.26. The predicted molar refractivity (Wildman–Crippen MR) is 114 cm³/mol. The second kappa shape index (κ2) is 9.32. The number of nitrogens with zero attached hydrogens (tertiary/aromatic N) is 5. The molecule has 0 fully saturated rings. The first-order valence-electron chi connectivity index (χ1n) is 9.71. The van der Waals surface area contributed by atoms with Crippen LogP contribution in [0.25, 0.3) is 5.69 Å². The maximum absolute atomic E-state index is 4.56. The lowest BCUT2D eigenvalue weighted by Crippen LogP contribution is -2.40. The van der Waals surface area contributed by atoms with Gasteiger partial charge in [0.05, 0.1) is 6.33 Å². The van der Waals surface area contributed by atoms with Crippen LogP contribution in [0.15, 0.2) is 55.2 Å². The fraction of sp³-hybridized carbons (Fsp3) is 0.381. The first-order chi connectivity index (χ1) is 13.5. The van der Waals surface area contributed by atoms with Gasteiger partial charge in [0, 0.05) is 55.1 Å². The fourth-order valence-electron chi connectivity index (χ4n) is 3.20. The standard InChI is InChI=1S/C21H29N7/c1-16(2)28(17(3)4)14-12-23-20-9-10-24-21(26-20)25-18-5-7-19(8-6-18)27-13-11-22-15-27/h5-11,13,15-17H,12,14H2,1-4H3,(H2,23,24,25,26). The van der Waals surface area contributed by atoms with E-state index in [2.05, 4.69) is 58.2 Å². The molecule has 0 saturated carbocycles. The molecule has 7 nitrogen and oxygen atoms in total. The first-order valence-corrected chi connectivity index (χ1v) is 9.71. The average Bonchev–Trinajstić information content (AvgIpc) is 3.20. The Bertz CT molecular complexity index is 833.